The number of nitrogens with two attached hydrogens (primary N) is 1. The Morgan fingerprint density at radius 1 is 1.45 bits per heavy atom. The lowest BCUT2D eigenvalue weighted by Crippen LogP contribution is -2.08. The maximum Gasteiger partial charge on any atom is 0.198 e. The molecule has 2 N–H and O–H groups in total. The Hall–Kier alpha value is -1.81. The van der Waals surface area contributed by atoms with E-state index in [9.17, 15) is 4.79 Å². The number of anilines is 1. The Labute approximate surface area is 123 Å². The molecule has 1 heterocycles. The molecule has 1 aromatic carbocycles. The van der Waals surface area contributed by atoms with Crippen LogP contribution in [0.5, 0.6) is 0 Å². The Morgan fingerprint density at radius 2 is 2.20 bits per heavy atom. The van der Waals surface area contributed by atoms with Gasteiger partial charge >= 0.3 is 0 Å². The number of halogens is 1. The molecular weight excluding hydrogens is 274 g/mol. The maximum atomic E-state index is 12.5. The van der Waals surface area contributed by atoms with E-state index in [-0.39, 0.29) is 5.78 Å². The van der Waals surface area contributed by atoms with Gasteiger partial charge in [-0.15, -0.1) is 0 Å². The van der Waals surface area contributed by atoms with Gasteiger partial charge in [0.25, 0.3) is 0 Å². The summed E-state index contributed by atoms with van der Waals surface area (Å²) in [5.41, 5.74) is 7.73. The van der Waals surface area contributed by atoms with E-state index >= 15 is 0 Å². The monoisotopic (exact) mass is 291 g/mol. The van der Waals surface area contributed by atoms with E-state index in [2.05, 4.69) is 12.0 Å². The third-order valence-corrected chi connectivity index (χ3v) is 3.44. The van der Waals surface area contributed by atoms with Crippen LogP contribution < -0.4 is 5.73 Å². The molecule has 0 spiro atoms. The predicted molar refractivity (Wildman–Crippen MR) is 81.2 cm³/mol. The van der Waals surface area contributed by atoms with Crippen molar-refractivity contribution in [2.75, 3.05) is 5.73 Å². The van der Waals surface area contributed by atoms with Crippen molar-refractivity contribution in [3.05, 3.63) is 46.1 Å². The number of unbranched alkanes of at least 4 members (excludes halogenated alkanes) is 1. The van der Waals surface area contributed by atoms with Crippen molar-refractivity contribution in [1.29, 1.82) is 0 Å². The van der Waals surface area contributed by atoms with Crippen LogP contribution >= 0.6 is 11.6 Å². The Kier molecular flexibility index (Phi) is 4.45. The summed E-state index contributed by atoms with van der Waals surface area (Å²) in [5.74, 6) is 0.297. The van der Waals surface area contributed by atoms with Gasteiger partial charge in [0.2, 0.25) is 0 Å². The van der Waals surface area contributed by atoms with Gasteiger partial charge in [-0.3, -0.25) is 4.79 Å². The average Bonchev–Trinajstić information content (AvgIpc) is 2.70. The number of carbonyl (C=O) groups excluding carboxylic acids is 1. The highest BCUT2D eigenvalue weighted by atomic mass is 35.5. The molecule has 2 rings (SSSR count). The quantitative estimate of drug-likeness (QED) is 0.858. The van der Waals surface area contributed by atoms with E-state index in [0.29, 0.717) is 27.7 Å². The van der Waals surface area contributed by atoms with Crippen LogP contribution in [0.4, 0.5) is 5.82 Å². The lowest BCUT2D eigenvalue weighted by molar-refractivity contribution is 0.103. The number of nitrogens with zero attached hydrogens (tertiary/aromatic N) is 2. The summed E-state index contributed by atoms with van der Waals surface area (Å²) in [6, 6.07) is 6.87. The highest BCUT2D eigenvalue weighted by Gasteiger charge is 2.20. The molecule has 106 valence electrons. The largest absolute Gasteiger partial charge is 0.383 e. The fraction of sp³-hybridized carbons (Fsp3) is 0.333. The minimum atomic E-state index is -0.134. The van der Waals surface area contributed by atoms with Crippen molar-refractivity contribution in [1.82, 2.24) is 9.78 Å². The summed E-state index contributed by atoms with van der Waals surface area (Å²) in [5, 5.41) is 4.89. The summed E-state index contributed by atoms with van der Waals surface area (Å²) < 4.78 is 1.70. The van der Waals surface area contributed by atoms with Gasteiger partial charge in [-0.25, -0.2) is 4.68 Å². The normalized spacial score (nSPS) is 10.8. The summed E-state index contributed by atoms with van der Waals surface area (Å²) in [4.78, 5) is 12.5. The van der Waals surface area contributed by atoms with Crippen LogP contribution in [-0.2, 0) is 6.54 Å². The number of carbonyl (C=O) groups is 1. The molecule has 20 heavy (non-hydrogen) atoms. The van der Waals surface area contributed by atoms with Crippen molar-refractivity contribution in [2.45, 2.75) is 33.2 Å². The summed E-state index contributed by atoms with van der Waals surface area (Å²) >= 11 is 5.93. The number of ketones is 1. The third kappa shape index (κ3) is 2.85. The first-order chi connectivity index (χ1) is 9.54. The molecule has 0 aliphatic carbocycles. The Bertz CT molecular complexity index is 634. The number of nitrogen functional groups attached to an aromatic ring is 1. The van der Waals surface area contributed by atoms with Crippen molar-refractivity contribution >= 4 is 23.2 Å². The van der Waals surface area contributed by atoms with Crippen molar-refractivity contribution in [3.8, 4) is 0 Å². The van der Waals surface area contributed by atoms with E-state index in [1.54, 1.807) is 35.9 Å². The van der Waals surface area contributed by atoms with E-state index in [1.807, 2.05) is 0 Å². The van der Waals surface area contributed by atoms with Crippen molar-refractivity contribution in [2.24, 2.45) is 0 Å². The summed E-state index contributed by atoms with van der Waals surface area (Å²) in [6.45, 7) is 4.63. The summed E-state index contributed by atoms with van der Waals surface area (Å²) in [7, 11) is 0. The molecule has 2 aromatic rings. The molecule has 0 unspecified atom stereocenters. The van der Waals surface area contributed by atoms with Crippen LogP contribution in [0.3, 0.4) is 0 Å². The van der Waals surface area contributed by atoms with Crippen LogP contribution in [0.15, 0.2) is 24.3 Å². The van der Waals surface area contributed by atoms with Gasteiger partial charge in [-0.05, 0) is 25.5 Å². The average molecular weight is 292 g/mol. The van der Waals surface area contributed by atoms with Gasteiger partial charge in [0, 0.05) is 17.1 Å². The lowest BCUT2D eigenvalue weighted by Gasteiger charge is -2.04. The van der Waals surface area contributed by atoms with Gasteiger partial charge in [-0.2, -0.15) is 5.10 Å². The lowest BCUT2D eigenvalue weighted by atomic mass is 10.0. The maximum absolute atomic E-state index is 12.5. The van der Waals surface area contributed by atoms with Crippen LogP contribution in [0.2, 0.25) is 5.02 Å². The van der Waals surface area contributed by atoms with Crippen LogP contribution in [0.25, 0.3) is 0 Å². The SMILES string of the molecule is CCCCn1nc(C)c(C(=O)c2cccc(Cl)c2)c1N. The van der Waals surface area contributed by atoms with Crippen LogP contribution in [-0.4, -0.2) is 15.6 Å². The van der Waals surface area contributed by atoms with Gasteiger partial charge in [-0.1, -0.05) is 37.1 Å². The first kappa shape index (κ1) is 14.6. The van der Waals surface area contributed by atoms with Gasteiger partial charge < -0.3 is 5.73 Å². The smallest absolute Gasteiger partial charge is 0.198 e. The second-order valence-electron chi connectivity index (χ2n) is 4.76. The van der Waals surface area contributed by atoms with Gasteiger partial charge in [0.15, 0.2) is 5.78 Å². The minimum absolute atomic E-state index is 0.134. The van der Waals surface area contributed by atoms with Crippen LogP contribution in [0.1, 0.15) is 41.4 Å². The first-order valence-electron chi connectivity index (χ1n) is 6.67. The molecular formula is C15H18ClN3O. The molecule has 0 saturated heterocycles. The molecule has 4 nitrogen and oxygen atoms in total. The van der Waals surface area contributed by atoms with Crippen LogP contribution in [0, 0.1) is 6.92 Å². The molecule has 0 atom stereocenters. The van der Waals surface area contributed by atoms with Gasteiger partial charge in [0.1, 0.15) is 5.82 Å². The molecule has 0 aliphatic heterocycles. The fourth-order valence-corrected chi connectivity index (χ4v) is 2.32. The molecule has 0 fully saturated rings. The summed E-state index contributed by atoms with van der Waals surface area (Å²) in [6.07, 6.45) is 2.03. The number of hydrogen-bond acceptors (Lipinski definition) is 3. The second-order valence-corrected chi connectivity index (χ2v) is 5.20. The molecule has 0 bridgehead atoms. The number of hydrogen-bond donors (Lipinski definition) is 1. The third-order valence-electron chi connectivity index (χ3n) is 3.20. The van der Waals surface area contributed by atoms with E-state index < -0.39 is 0 Å². The Morgan fingerprint density at radius 3 is 2.85 bits per heavy atom. The Balaban J connectivity index is 2.37. The minimum Gasteiger partial charge on any atom is -0.383 e. The van der Waals surface area contributed by atoms with E-state index in [4.69, 9.17) is 17.3 Å². The van der Waals surface area contributed by atoms with E-state index in [0.717, 1.165) is 19.4 Å². The zero-order chi connectivity index (χ0) is 14.7. The zero-order valence-electron chi connectivity index (χ0n) is 11.7. The van der Waals surface area contributed by atoms with E-state index in [1.165, 1.54) is 0 Å². The fourth-order valence-electron chi connectivity index (χ4n) is 2.13. The highest BCUT2D eigenvalue weighted by Crippen LogP contribution is 2.22. The number of benzene rings is 1. The number of rotatable bonds is 5. The molecule has 5 heteroatoms. The molecule has 0 amide bonds. The molecule has 0 radical (unpaired) electrons. The zero-order valence-corrected chi connectivity index (χ0v) is 12.4. The molecule has 1 aromatic heterocycles. The second kappa shape index (κ2) is 6.09. The van der Waals surface area contributed by atoms with Crippen molar-refractivity contribution < 1.29 is 4.79 Å². The number of aryl methyl sites for hydroxylation is 2. The number of aromatic nitrogens is 2. The highest BCUT2D eigenvalue weighted by molar-refractivity contribution is 6.31. The van der Waals surface area contributed by atoms with Gasteiger partial charge in [0.05, 0.1) is 11.3 Å². The molecule has 0 aliphatic rings. The first-order valence-corrected chi connectivity index (χ1v) is 7.05. The standard InChI is InChI=1S/C15H18ClN3O/c1-3-4-8-19-15(17)13(10(2)18-19)14(20)11-6-5-7-12(16)9-11/h5-7,9H,3-4,8,17H2,1-2H3. The van der Waals surface area contributed by atoms with Crippen molar-refractivity contribution in [3.63, 3.8) is 0 Å². The predicted octanol–water partition coefficient (Wildman–Crippen LogP) is 3.46. The topological polar surface area (TPSA) is 60.9 Å². The molecule has 0 saturated carbocycles.